The Bertz CT molecular complexity index is 849. The molecule has 1 heterocycles. The van der Waals surface area contributed by atoms with E-state index in [2.05, 4.69) is 0 Å². The first-order chi connectivity index (χ1) is 13.3. The summed E-state index contributed by atoms with van der Waals surface area (Å²) in [7, 11) is 0. The van der Waals surface area contributed by atoms with Gasteiger partial charge in [-0.25, -0.2) is 0 Å². The minimum Gasteiger partial charge on any atom is -0.483 e. The summed E-state index contributed by atoms with van der Waals surface area (Å²) < 4.78 is 11.8. The Hall–Kier alpha value is -3.02. The van der Waals surface area contributed by atoms with Crippen molar-refractivity contribution < 1.29 is 19.1 Å². The van der Waals surface area contributed by atoms with Gasteiger partial charge in [0, 0.05) is 31.5 Å². The maximum absolute atomic E-state index is 12.8. The van der Waals surface area contributed by atoms with E-state index in [4.69, 9.17) is 15.2 Å². The van der Waals surface area contributed by atoms with Crippen LogP contribution in [0.15, 0.2) is 48.5 Å². The fraction of sp³-hybridized carbons (Fsp3) is 0.364. The molecule has 0 aliphatic carbocycles. The molecule has 0 aromatic heterocycles. The van der Waals surface area contributed by atoms with Crippen LogP contribution in [0.1, 0.15) is 31.4 Å². The third kappa shape index (κ3) is 5.03. The van der Waals surface area contributed by atoms with Crippen LogP contribution in [-0.2, 0) is 22.6 Å². The predicted molar refractivity (Wildman–Crippen MR) is 106 cm³/mol. The van der Waals surface area contributed by atoms with Crippen molar-refractivity contribution in [2.45, 2.75) is 38.8 Å². The average molecular weight is 382 g/mol. The first-order valence-corrected chi connectivity index (χ1v) is 9.38. The zero-order chi connectivity index (χ0) is 20.1. The number of nitrogens with zero attached hydrogens (tertiary/aromatic N) is 1. The molecule has 0 bridgehead atoms. The van der Waals surface area contributed by atoms with Crippen molar-refractivity contribution in [2.24, 2.45) is 5.73 Å². The lowest BCUT2D eigenvalue weighted by Crippen LogP contribution is -2.36. The van der Waals surface area contributed by atoms with Gasteiger partial charge in [0.25, 0.3) is 5.91 Å². The fourth-order valence-electron chi connectivity index (χ4n) is 3.27. The van der Waals surface area contributed by atoms with Crippen LogP contribution in [0.3, 0.4) is 0 Å². The molecule has 0 unspecified atom stereocenters. The highest BCUT2D eigenvalue weighted by molar-refractivity contribution is 5.79. The van der Waals surface area contributed by atoms with Gasteiger partial charge in [0.2, 0.25) is 5.91 Å². The number of hydrogen-bond acceptors (Lipinski definition) is 4. The average Bonchev–Trinajstić information content (AvgIpc) is 2.98. The van der Waals surface area contributed by atoms with Crippen LogP contribution in [0.25, 0.3) is 0 Å². The molecule has 6 nitrogen and oxygen atoms in total. The van der Waals surface area contributed by atoms with Crippen LogP contribution in [0.4, 0.5) is 0 Å². The van der Waals surface area contributed by atoms with Crippen LogP contribution in [-0.4, -0.2) is 35.5 Å². The summed E-state index contributed by atoms with van der Waals surface area (Å²) in [5.74, 6) is 0.612. The van der Waals surface area contributed by atoms with E-state index in [-0.39, 0.29) is 31.1 Å². The van der Waals surface area contributed by atoms with Gasteiger partial charge in [-0.15, -0.1) is 0 Å². The Morgan fingerprint density at radius 2 is 1.89 bits per heavy atom. The summed E-state index contributed by atoms with van der Waals surface area (Å²) in [5, 5.41) is 0. The molecule has 1 aliphatic heterocycles. The van der Waals surface area contributed by atoms with E-state index in [9.17, 15) is 9.59 Å². The second kappa shape index (κ2) is 8.33. The maximum atomic E-state index is 12.8. The van der Waals surface area contributed by atoms with Crippen LogP contribution in [0, 0.1) is 0 Å². The number of nitrogens with two attached hydrogens (primary N) is 1. The molecular formula is C22H26N2O4. The first kappa shape index (κ1) is 19.7. The minimum atomic E-state index is -0.441. The third-order valence-corrected chi connectivity index (χ3v) is 4.60. The smallest absolute Gasteiger partial charge is 0.260 e. The number of hydrogen-bond donors (Lipinski definition) is 1. The number of ether oxygens (including phenoxy) is 2. The Labute approximate surface area is 165 Å². The van der Waals surface area contributed by atoms with Crippen molar-refractivity contribution in [3.05, 3.63) is 59.7 Å². The van der Waals surface area contributed by atoms with Gasteiger partial charge in [-0.2, -0.15) is 0 Å². The van der Waals surface area contributed by atoms with E-state index in [1.165, 1.54) is 0 Å². The largest absolute Gasteiger partial charge is 0.483 e. The van der Waals surface area contributed by atoms with Crippen LogP contribution >= 0.6 is 0 Å². The molecule has 0 saturated carbocycles. The number of para-hydroxylation sites is 1. The van der Waals surface area contributed by atoms with Crippen molar-refractivity contribution in [1.29, 1.82) is 0 Å². The van der Waals surface area contributed by atoms with Crippen molar-refractivity contribution in [2.75, 3.05) is 13.2 Å². The summed E-state index contributed by atoms with van der Waals surface area (Å²) >= 11 is 0. The Morgan fingerprint density at radius 1 is 1.14 bits per heavy atom. The Kier molecular flexibility index (Phi) is 5.87. The van der Waals surface area contributed by atoms with Gasteiger partial charge in [0.05, 0.1) is 0 Å². The number of carbonyl (C=O) groups is 2. The molecule has 2 aromatic rings. The number of rotatable bonds is 8. The molecule has 6 heteroatoms. The minimum absolute atomic E-state index is 0.108. The maximum Gasteiger partial charge on any atom is 0.260 e. The van der Waals surface area contributed by atoms with Gasteiger partial charge in [0.1, 0.15) is 5.60 Å². The molecule has 28 heavy (non-hydrogen) atoms. The number of benzene rings is 2. The number of fused-ring (bicyclic) bond motifs is 1. The third-order valence-electron chi connectivity index (χ3n) is 4.60. The van der Waals surface area contributed by atoms with E-state index in [1.807, 2.05) is 56.3 Å². The summed E-state index contributed by atoms with van der Waals surface area (Å²) in [6.07, 6.45) is 0.906. The zero-order valence-corrected chi connectivity index (χ0v) is 16.3. The molecule has 2 aromatic carbocycles. The number of carbonyl (C=O) groups excluding carboxylic acids is 2. The lowest BCUT2D eigenvalue weighted by Gasteiger charge is -2.23. The summed E-state index contributed by atoms with van der Waals surface area (Å²) in [5.41, 5.74) is 7.03. The SMILES string of the molecule is CC1(C)Cc2cccc(OCC(=O)N(CCC(N)=O)Cc3ccccc3)c2O1. The van der Waals surface area contributed by atoms with Gasteiger partial charge < -0.3 is 20.1 Å². The van der Waals surface area contributed by atoms with Crippen LogP contribution < -0.4 is 15.2 Å². The Morgan fingerprint density at radius 3 is 2.61 bits per heavy atom. The van der Waals surface area contributed by atoms with Crippen molar-refractivity contribution >= 4 is 11.8 Å². The summed E-state index contributed by atoms with van der Waals surface area (Å²) in [4.78, 5) is 25.5. The van der Waals surface area contributed by atoms with Crippen molar-refractivity contribution in [1.82, 2.24) is 4.90 Å². The monoisotopic (exact) mass is 382 g/mol. The summed E-state index contributed by atoms with van der Waals surface area (Å²) in [6, 6.07) is 15.3. The lowest BCUT2D eigenvalue weighted by atomic mass is 10.0. The molecule has 0 radical (unpaired) electrons. The highest BCUT2D eigenvalue weighted by Gasteiger charge is 2.32. The molecule has 3 rings (SSSR count). The van der Waals surface area contributed by atoms with Crippen LogP contribution in [0.2, 0.25) is 0 Å². The molecule has 0 saturated heterocycles. The standard InChI is InChI=1S/C22H26N2O4/c1-22(2)13-17-9-6-10-18(21(17)28-22)27-15-20(26)24(12-11-19(23)25)14-16-7-4-3-5-8-16/h3-10H,11-15H2,1-2H3,(H2,23,25). The topological polar surface area (TPSA) is 81.9 Å². The number of primary amides is 1. The predicted octanol–water partition coefficient (Wildman–Crippen LogP) is 2.68. The van der Waals surface area contributed by atoms with E-state index < -0.39 is 5.91 Å². The fourth-order valence-corrected chi connectivity index (χ4v) is 3.27. The van der Waals surface area contributed by atoms with E-state index in [0.717, 1.165) is 17.5 Å². The molecule has 2 N–H and O–H groups in total. The van der Waals surface area contributed by atoms with Crippen molar-refractivity contribution in [3.8, 4) is 11.5 Å². The van der Waals surface area contributed by atoms with Gasteiger partial charge >= 0.3 is 0 Å². The number of amides is 2. The normalized spacial score (nSPS) is 14.1. The molecule has 0 atom stereocenters. The molecule has 148 valence electrons. The molecular weight excluding hydrogens is 356 g/mol. The van der Waals surface area contributed by atoms with Gasteiger partial charge in [-0.1, -0.05) is 42.5 Å². The van der Waals surface area contributed by atoms with Gasteiger partial charge in [-0.05, 0) is 25.5 Å². The van der Waals surface area contributed by atoms with E-state index in [0.29, 0.717) is 18.0 Å². The molecule has 1 aliphatic rings. The first-order valence-electron chi connectivity index (χ1n) is 9.38. The summed E-state index contributed by atoms with van der Waals surface area (Å²) in [6.45, 7) is 4.56. The van der Waals surface area contributed by atoms with Crippen molar-refractivity contribution in [3.63, 3.8) is 0 Å². The highest BCUT2D eigenvalue weighted by Crippen LogP contribution is 2.41. The highest BCUT2D eigenvalue weighted by atomic mass is 16.5. The van der Waals surface area contributed by atoms with E-state index >= 15 is 0 Å². The Balaban J connectivity index is 1.67. The van der Waals surface area contributed by atoms with E-state index in [1.54, 1.807) is 11.0 Å². The zero-order valence-electron chi connectivity index (χ0n) is 16.3. The van der Waals surface area contributed by atoms with Crippen LogP contribution in [0.5, 0.6) is 11.5 Å². The molecule has 0 spiro atoms. The quantitative estimate of drug-likeness (QED) is 0.761. The lowest BCUT2D eigenvalue weighted by molar-refractivity contribution is -0.134. The molecule has 2 amide bonds. The van der Waals surface area contributed by atoms with Gasteiger partial charge in [0.15, 0.2) is 18.1 Å². The second-order valence-corrected chi connectivity index (χ2v) is 7.59. The van der Waals surface area contributed by atoms with Gasteiger partial charge in [-0.3, -0.25) is 9.59 Å². The second-order valence-electron chi connectivity index (χ2n) is 7.59. The molecule has 0 fully saturated rings.